The van der Waals surface area contributed by atoms with Gasteiger partial charge in [0.25, 0.3) is 0 Å². The van der Waals surface area contributed by atoms with Gasteiger partial charge >= 0.3 is 0 Å². The molecule has 0 atom stereocenters. The van der Waals surface area contributed by atoms with Crippen LogP contribution in [-0.4, -0.2) is 49.7 Å². The van der Waals surface area contributed by atoms with Gasteiger partial charge in [0.1, 0.15) is 0 Å². The van der Waals surface area contributed by atoms with Gasteiger partial charge in [-0.1, -0.05) is 31.2 Å². The molecule has 1 heterocycles. The lowest BCUT2D eigenvalue weighted by atomic mass is 9.87. The first-order valence-electron chi connectivity index (χ1n) is 10.7. The van der Waals surface area contributed by atoms with Crippen LogP contribution in [0.4, 0.5) is 0 Å². The highest BCUT2D eigenvalue weighted by Crippen LogP contribution is 2.23. The average molecular weight is 373 g/mol. The first-order valence-corrected chi connectivity index (χ1v) is 10.7. The molecular formula is C22H36N4O. The average Bonchev–Trinajstić information content (AvgIpc) is 2.69. The number of nitrogens with zero attached hydrogens (tertiary/aromatic N) is 2. The minimum Gasteiger partial charge on any atom is -0.379 e. The first-order chi connectivity index (χ1) is 13.2. The van der Waals surface area contributed by atoms with Gasteiger partial charge in [-0.2, -0.15) is 0 Å². The minimum absolute atomic E-state index is 0.562. The second-order valence-electron chi connectivity index (χ2n) is 8.00. The summed E-state index contributed by atoms with van der Waals surface area (Å²) < 4.78 is 5.44. The zero-order valence-electron chi connectivity index (χ0n) is 17.0. The number of ether oxygens (including phenoxy) is 1. The van der Waals surface area contributed by atoms with Crippen LogP contribution in [0.3, 0.4) is 0 Å². The molecule has 0 spiro atoms. The Balaban J connectivity index is 1.55. The van der Waals surface area contributed by atoms with Gasteiger partial charge < -0.3 is 15.4 Å². The monoisotopic (exact) mass is 372 g/mol. The molecular weight excluding hydrogens is 336 g/mol. The smallest absolute Gasteiger partial charge is 0.191 e. The number of guanidine groups is 1. The summed E-state index contributed by atoms with van der Waals surface area (Å²) in [7, 11) is 0. The second kappa shape index (κ2) is 10.7. The lowest BCUT2D eigenvalue weighted by molar-refractivity contribution is 0.0342. The quantitative estimate of drug-likeness (QED) is 0.595. The molecule has 1 saturated carbocycles. The maximum atomic E-state index is 5.44. The molecule has 5 nitrogen and oxygen atoms in total. The van der Waals surface area contributed by atoms with Crippen molar-refractivity contribution in [3.63, 3.8) is 0 Å². The van der Waals surface area contributed by atoms with E-state index in [2.05, 4.69) is 53.6 Å². The van der Waals surface area contributed by atoms with Crippen molar-refractivity contribution in [2.24, 2.45) is 10.9 Å². The molecule has 2 aliphatic rings. The van der Waals surface area contributed by atoms with Crippen LogP contribution in [0.25, 0.3) is 0 Å². The number of rotatable bonds is 6. The summed E-state index contributed by atoms with van der Waals surface area (Å²) in [6.45, 7) is 10.8. The van der Waals surface area contributed by atoms with Crippen LogP contribution in [0.15, 0.2) is 29.3 Å². The normalized spacial score (nSPS) is 24.6. The summed E-state index contributed by atoms with van der Waals surface area (Å²) in [4.78, 5) is 7.31. The summed E-state index contributed by atoms with van der Waals surface area (Å²) in [5.74, 6) is 1.83. The number of nitrogens with one attached hydrogen (secondary N) is 2. The molecule has 2 N–H and O–H groups in total. The van der Waals surface area contributed by atoms with Gasteiger partial charge in [0.2, 0.25) is 0 Å². The zero-order valence-corrected chi connectivity index (χ0v) is 17.0. The highest BCUT2D eigenvalue weighted by atomic mass is 16.5. The molecule has 27 heavy (non-hydrogen) atoms. The molecule has 1 aromatic rings. The first kappa shape index (κ1) is 20.2. The van der Waals surface area contributed by atoms with Crippen molar-refractivity contribution in [3.05, 3.63) is 35.4 Å². The summed E-state index contributed by atoms with van der Waals surface area (Å²) >= 11 is 0. The third kappa shape index (κ3) is 6.82. The van der Waals surface area contributed by atoms with Crippen molar-refractivity contribution < 1.29 is 4.74 Å². The molecule has 1 aliphatic carbocycles. The van der Waals surface area contributed by atoms with Gasteiger partial charge in [0.05, 0.1) is 19.8 Å². The van der Waals surface area contributed by atoms with Gasteiger partial charge in [-0.25, -0.2) is 4.99 Å². The van der Waals surface area contributed by atoms with Gasteiger partial charge in [0, 0.05) is 32.2 Å². The predicted molar refractivity (Wildman–Crippen MR) is 112 cm³/mol. The standard InChI is InChI=1S/C22H36N4O/c1-3-23-22(25-21-9-7-18(2)8-10-21)24-16-19-5-4-6-20(15-19)17-26-11-13-27-14-12-26/h4-6,15,18,21H,3,7-14,16-17H2,1-2H3,(H2,23,24,25). The van der Waals surface area contributed by atoms with E-state index in [4.69, 9.17) is 9.73 Å². The van der Waals surface area contributed by atoms with E-state index in [0.717, 1.165) is 57.8 Å². The van der Waals surface area contributed by atoms with Crippen LogP contribution in [0.5, 0.6) is 0 Å². The van der Waals surface area contributed by atoms with Crippen LogP contribution in [0, 0.1) is 5.92 Å². The van der Waals surface area contributed by atoms with Crippen LogP contribution < -0.4 is 10.6 Å². The largest absolute Gasteiger partial charge is 0.379 e. The molecule has 5 heteroatoms. The van der Waals surface area contributed by atoms with E-state index >= 15 is 0 Å². The molecule has 0 unspecified atom stereocenters. The Hall–Kier alpha value is -1.59. The summed E-state index contributed by atoms with van der Waals surface area (Å²) in [5.41, 5.74) is 2.64. The Kier molecular flexibility index (Phi) is 7.96. The number of hydrogen-bond acceptors (Lipinski definition) is 3. The van der Waals surface area contributed by atoms with Gasteiger partial charge in [-0.05, 0) is 49.7 Å². The fourth-order valence-electron chi connectivity index (χ4n) is 3.93. The van der Waals surface area contributed by atoms with E-state index in [-0.39, 0.29) is 0 Å². The van der Waals surface area contributed by atoms with Crippen molar-refractivity contribution in [2.75, 3.05) is 32.8 Å². The van der Waals surface area contributed by atoms with E-state index in [1.807, 2.05) is 0 Å². The zero-order chi connectivity index (χ0) is 18.9. The molecule has 1 aliphatic heterocycles. The molecule has 150 valence electrons. The molecule has 0 bridgehead atoms. The maximum Gasteiger partial charge on any atom is 0.191 e. The number of morpholine rings is 1. The van der Waals surface area contributed by atoms with Gasteiger partial charge in [-0.3, -0.25) is 4.90 Å². The van der Waals surface area contributed by atoms with Crippen molar-refractivity contribution in [1.82, 2.24) is 15.5 Å². The Labute approximate surface area is 164 Å². The fourth-order valence-corrected chi connectivity index (χ4v) is 3.93. The number of aliphatic imine (C=N–C) groups is 1. The Bertz CT molecular complexity index is 590. The van der Waals surface area contributed by atoms with Gasteiger partial charge in [0.15, 0.2) is 5.96 Å². The van der Waals surface area contributed by atoms with E-state index in [1.54, 1.807) is 0 Å². The van der Waals surface area contributed by atoms with Crippen LogP contribution in [0.1, 0.15) is 50.7 Å². The Morgan fingerprint density at radius 1 is 1.15 bits per heavy atom. The van der Waals surface area contributed by atoms with E-state index in [9.17, 15) is 0 Å². The Morgan fingerprint density at radius 3 is 2.63 bits per heavy atom. The number of benzene rings is 1. The fraction of sp³-hybridized carbons (Fsp3) is 0.682. The SMILES string of the molecule is CCNC(=NCc1cccc(CN2CCOCC2)c1)NC1CCC(C)CC1. The molecule has 3 rings (SSSR count). The molecule has 2 fully saturated rings. The van der Waals surface area contributed by atoms with Crippen LogP contribution in [-0.2, 0) is 17.8 Å². The van der Waals surface area contributed by atoms with Crippen molar-refractivity contribution in [1.29, 1.82) is 0 Å². The summed E-state index contributed by atoms with van der Waals surface area (Å²) in [5, 5.41) is 7.05. The molecule has 1 aromatic carbocycles. The van der Waals surface area contributed by atoms with Crippen LogP contribution >= 0.6 is 0 Å². The van der Waals surface area contributed by atoms with E-state index in [1.165, 1.54) is 36.8 Å². The van der Waals surface area contributed by atoms with Gasteiger partial charge in [-0.15, -0.1) is 0 Å². The van der Waals surface area contributed by atoms with E-state index < -0.39 is 0 Å². The third-order valence-corrected chi connectivity index (χ3v) is 5.62. The maximum absolute atomic E-state index is 5.44. The van der Waals surface area contributed by atoms with Crippen molar-refractivity contribution >= 4 is 5.96 Å². The minimum atomic E-state index is 0.562. The highest BCUT2D eigenvalue weighted by Gasteiger charge is 2.18. The second-order valence-corrected chi connectivity index (χ2v) is 8.00. The molecule has 0 radical (unpaired) electrons. The summed E-state index contributed by atoms with van der Waals surface area (Å²) in [6, 6.07) is 9.41. The highest BCUT2D eigenvalue weighted by molar-refractivity contribution is 5.80. The number of hydrogen-bond donors (Lipinski definition) is 2. The lowest BCUT2D eigenvalue weighted by Crippen LogP contribution is -2.44. The lowest BCUT2D eigenvalue weighted by Gasteiger charge is -2.28. The molecule has 0 aromatic heterocycles. The Morgan fingerprint density at radius 2 is 1.89 bits per heavy atom. The topological polar surface area (TPSA) is 48.9 Å². The predicted octanol–water partition coefficient (Wildman–Crippen LogP) is 3.15. The van der Waals surface area contributed by atoms with E-state index in [0.29, 0.717) is 6.04 Å². The van der Waals surface area contributed by atoms with Crippen LogP contribution in [0.2, 0.25) is 0 Å². The third-order valence-electron chi connectivity index (χ3n) is 5.62. The van der Waals surface area contributed by atoms with Crippen molar-refractivity contribution in [2.45, 2.75) is 58.7 Å². The summed E-state index contributed by atoms with van der Waals surface area (Å²) in [6.07, 6.45) is 5.14. The molecule has 1 saturated heterocycles. The molecule has 0 amide bonds. The van der Waals surface area contributed by atoms with Crippen molar-refractivity contribution in [3.8, 4) is 0 Å².